The highest BCUT2D eigenvalue weighted by Gasteiger charge is 2.25. The normalized spacial score (nSPS) is 28.8. The Bertz CT molecular complexity index is 194. The summed E-state index contributed by atoms with van der Waals surface area (Å²) < 4.78 is 22.6. The van der Waals surface area contributed by atoms with Crippen molar-refractivity contribution in [3.63, 3.8) is 0 Å². The summed E-state index contributed by atoms with van der Waals surface area (Å²) in [6.45, 7) is 10.2. The predicted octanol–water partition coefficient (Wildman–Crippen LogP) is 2.75. The fraction of sp³-hybridized carbons (Fsp3) is 1.00. The molecule has 108 valence electrons. The summed E-state index contributed by atoms with van der Waals surface area (Å²) in [5.41, 5.74) is 0. The quantitative estimate of drug-likeness (QED) is 0.629. The fourth-order valence-electron chi connectivity index (χ4n) is 2.40. The van der Waals surface area contributed by atoms with Crippen LogP contribution in [0.15, 0.2) is 0 Å². The number of hydrogen-bond acceptors (Lipinski definition) is 4. The van der Waals surface area contributed by atoms with Gasteiger partial charge in [-0.25, -0.2) is 0 Å². The van der Waals surface area contributed by atoms with Crippen molar-refractivity contribution in [2.45, 2.75) is 71.6 Å². The van der Waals surface area contributed by atoms with Crippen LogP contribution in [0.1, 0.15) is 47.0 Å². The number of rotatable bonds is 8. The van der Waals surface area contributed by atoms with Gasteiger partial charge in [0.15, 0.2) is 6.29 Å². The van der Waals surface area contributed by atoms with E-state index in [4.69, 9.17) is 18.9 Å². The Morgan fingerprint density at radius 3 is 2.11 bits per heavy atom. The molecule has 0 amide bonds. The van der Waals surface area contributed by atoms with Gasteiger partial charge in [0.2, 0.25) is 0 Å². The molecule has 0 radical (unpaired) electrons. The van der Waals surface area contributed by atoms with E-state index in [-0.39, 0.29) is 6.29 Å². The molecule has 4 heteroatoms. The third kappa shape index (κ3) is 6.14. The highest BCUT2D eigenvalue weighted by atomic mass is 16.7. The Morgan fingerprint density at radius 1 is 1.06 bits per heavy atom. The summed E-state index contributed by atoms with van der Waals surface area (Å²) in [4.78, 5) is 0. The molecule has 0 aromatic carbocycles. The topological polar surface area (TPSA) is 36.9 Å². The van der Waals surface area contributed by atoms with Crippen LogP contribution in [0.3, 0.4) is 0 Å². The van der Waals surface area contributed by atoms with Gasteiger partial charge in [0.05, 0.1) is 24.9 Å². The molecule has 4 nitrogen and oxygen atoms in total. The molecule has 0 spiro atoms. The SMILES string of the molecule is CCOC(CCOC1CC(C)OC(C)C1)OCC. The van der Waals surface area contributed by atoms with Crippen LogP contribution in [-0.2, 0) is 18.9 Å². The lowest BCUT2D eigenvalue weighted by molar-refractivity contribution is -0.156. The lowest BCUT2D eigenvalue weighted by Gasteiger charge is -2.32. The molecule has 1 aliphatic heterocycles. The largest absolute Gasteiger partial charge is 0.378 e. The van der Waals surface area contributed by atoms with Crippen molar-refractivity contribution in [1.82, 2.24) is 0 Å². The molecule has 2 atom stereocenters. The molecule has 0 aromatic heterocycles. The summed E-state index contributed by atoms with van der Waals surface area (Å²) in [6.07, 6.45) is 3.54. The molecule has 1 fully saturated rings. The molecule has 0 bridgehead atoms. The Labute approximate surface area is 111 Å². The van der Waals surface area contributed by atoms with Crippen LogP contribution >= 0.6 is 0 Å². The van der Waals surface area contributed by atoms with Gasteiger partial charge in [0.1, 0.15) is 0 Å². The Kier molecular flexibility index (Phi) is 7.82. The molecule has 0 saturated carbocycles. The zero-order chi connectivity index (χ0) is 13.4. The molecule has 1 rings (SSSR count). The molecular formula is C14H28O4. The highest BCUT2D eigenvalue weighted by Crippen LogP contribution is 2.21. The predicted molar refractivity (Wildman–Crippen MR) is 70.6 cm³/mol. The first-order chi connectivity index (χ1) is 8.65. The van der Waals surface area contributed by atoms with E-state index in [1.807, 2.05) is 13.8 Å². The van der Waals surface area contributed by atoms with E-state index < -0.39 is 0 Å². The lowest BCUT2D eigenvalue weighted by atomic mass is 10.0. The van der Waals surface area contributed by atoms with Crippen molar-refractivity contribution >= 4 is 0 Å². The average Bonchev–Trinajstić information content (AvgIpc) is 2.28. The molecule has 1 heterocycles. The van der Waals surface area contributed by atoms with Crippen LogP contribution in [0.5, 0.6) is 0 Å². The second-order valence-corrected chi connectivity index (χ2v) is 4.85. The fourth-order valence-corrected chi connectivity index (χ4v) is 2.40. The van der Waals surface area contributed by atoms with Crippen LogP contribution in [-0.4, -0.2) is 44.4 Å². The summed E-state index contributed by atoms with van der Waals surface area (Å²) in [6, 6.07) is 0. The van der Waals surface area contributed by atoms with Gasteiger partial charge >= 0.3 is 0 Å². The highest BCUT2D eigenvalue weighted by molar-refractivity contribution is 4.73. The van der Waals surface area contributed by atoms with E-state index in [2.05, 4.69) is 13.8 Å². The van der Waals surface area contributed by atoms with Gasteiger partial charge in [-0.15, -0.1) is 0 Å². The van der Waals surface area contributed by atoms with E-state index in [1.54, 1.807) is 0 Å². The molecule has 18 heavy (non-hydrogen) atoms. The van der Waals surface area contributed by atoms with Crippen molar-refractivity contribution in [2.75, 3.05) is 19.8 Å². The van der Waals surface area contributed by atoms with Gasteiger partial charge < -0.3 is 18.9 Å². The van der Waals surface area contributed by atoms with Gasteiger partial charge in [0.25, 0.3) is 0 Å². The van der Waals surface area contributed by atoms with E-state index in [1.165, 1.54) is 0 Å². The maximum absolute atomic E-state index is 5.91. The second kappa shape index (κ2) is 8.86. The van der Waals surface area contributed by atoms with Crippen molar-refractivity contribution in [2.24, 2.45) is 0 Å². The monoisotopic (exact) mass is 260 g/mol. The molecule has 1 saturated heterocycles. The Balaban J connectivity index is 2.18. The van der Waals surface area contributed by atoms with Gasteiger partial charge in [0, 0.05) is 19.6 Å². The number of hydrogen-bond donors (Lipinski definition) is 0. The van der Waals surface area contributed by atoms with E-state index in [9.17, 15) is 0 Å². The molecular weight excluding hydrogens is 232 g/mol. The minimum Gasteiger partial charge on any atom is -0.378 e. The van der Waals surface area contributed by atoms with Gasteiger partial charge in [-0.05, 0) is 40.5 Å². The van der Waals surface area contributed by atoms with E-state index in [0.29, 0.717) is 38.1 Å². The molecule has 1 aliphatic rings. The lowest BCUT2D eigenvalue weighted by Crippen LogP contribution is -2.34. The first kappa shape index (κ1) is 15.9. The Hall–Kier alpha value is -0.160. The minimum atomic E-state index is -0.130. The second-order valence-electron chi connectivity index (χ2n) is 4.85. The molecule has 0 aliphatic carbocycles. The van der Waals surface area contributed by atoms with E-state index >= 15 is 0 Å². The summed E-state index contributed by atoms with van der Waals surface area (Å²) >= 11 is 0. The van der Waals surface area contributed by atoms with E-state index in [0.717, 1.165) is 19.3 Å². The van der Waals surface area contributed by atoms with Crippen molar-refractivity contribution in [1.29, 1.82) is 0 Å². The first-order valence-electron chi connectivity index (χ1n) is 7.15. The van der Waals surface area contributed by atoms with Crippen molar-refractivity contribution in [3.05, 3.63) is 0 Å². The van der Waals surface area contributed by atoms with Crippen molar-refractivity contribution in [3.8, 4) is 0 Å². The van der Waals surface area contributed by atoms with Gasteiger partial charge in [-0.1, -0.05) is 0 Å². The Morgan fingerprint density at radius 2 is 1.61 bits per heavy atom. The zero-order valence-electron chi connectivity index (χ0n) is 12.2. The van der Waals surface area contributed by atoms with Gasteiger partial charge in [-0.2, -0.15) is 0 Å². The third-order valence-corrected chi connectivity index (χ3v) is 3.07. The number of ether oxygens (including phenoxy) is 4. The first-order valence-corrected chi connectivity index (χ1v) is 7.15. The van der Waals surface area contributed by atoms with Crippen LogP contribution in [0.4, 0.5) is 0 Å². The van der Waals surface area contributed by atoms with Gasteiger partial charge in [-0.3, -0.25) is 0 Å². The molecule has 2 unspecified atom stereocenters. The molecule has 0 N–H and O–H groups in total. The smallest absolute Gasteiger partial charge is 0.159 e. The van der Waals surface area contributed by atoms with Crippen LogP contribution < -0.4 is 0 Å². The third-order valence-electron chi connectivity index (χ3n) is 3.07. The minimum absolute atomic E-state index is 0.130. The average molecular weight is 260 g/mol. The van der Waals surface area contributed by atoms with Crippen molar-refractivity contribution < 1.29 is 18.9 Å². The maximum atomic E-state index is 5.91. The summed E-state index contributed by atoms with van der Waals surface area (Å²) in [5.74, 6) is 0. The maximum Gasteiger partial charge on any atom is 0.159 e. The van der Waals surface area contributed by atoms with Crippen LogP contribution in [0, 0.1) is 0 Å². The molecule has 0 aromatic rings. The standard InChI is InChI=1S/C14H28O4/c1-5-15-14(16-6-2)7-8-17-13-9-11(3)18-12(4)10-13/h11-14H,5-10H2,1-4H3. The van der Waals surface area contributed by atoms with Crippen LogP contribution in [0.2, 0.25) is 0 Å². The summed E-state index contributed by atoms with van der Waals surface area (Å²) in [5, 5.41) is 0. The zero-order valence-corrected chi connectivity index (χ0v) is 12.2. The van der Waals surface area contributed by atoms with Crippen LogP contribution in [0.25, 0.3) is 0 Å². The summed E-state index contributed by atoms with van der Waals surface area (Å²) in [7, 11) is 0.